The maximum Gasteiger partial charge on any atom is 0.191 e. The summed E-state index contributed by atoms with van der Waals surface area (Å²) in [4.78, 5) is 4.18. The van der Waals surface area contributed by atoms with Crippen molar-refractivity contribution in [1.82, 2.24) is 10.6 Å². The maximum atomic E-state index is 13.6. The van der Waals surface area contributed by atoms with E-state index in [0.717, 1.165) is 0 Å². The first-order valence-electron chi connectivity index (χ1n) is 8.16. The van der Waals surface area contributed by atoms with Crippen molar-refractivity contribution in [2.24, 2.45) is 10.4 Å². The summed E-state index contributed by atoms with van der Waals surface area (Å²) in [5.41, 5.74) is 0.0296. The molecule has 0 fully saturated rings. The molecule has 2 unspecified atom stereocenters. The van der Waals surface area contributed by atoms with Crippen molar-refractivity contribution < 1.29 is 13.9 Å². The summed E-state index contributed by atoms with van der Waals surface area (Å²) in [6.45, 7) is 9.40. The van der Waals surface area contributed by atoms with Crippen LogP contribution in [0.1, 0.15) is 27.7 Å². The van der Waals surface area contributed by atoms with Gasteiger partial charge in [-0.2, -0.15) is 0 Å². The van der Waals surface area contributed by atoms with Crippen LogP contribution in [0.4, 0.5) is 4.39 Å². The number of nitrogens with one attached hydrogen (secondary N) is 2. The topological polar surface area (TPSA) is 54.9 Å². The molecule has 0 heterocycles. The van der Waals surface area contributed by atoms with Gasteiger partial charge in [-0.3, -0.25) is 4.99 Å². The average Bonchev–Trinajstić information content (AvgIpc) is 2.51. The molecule has 7 heteroatoms. The third kappa shape index (κ3) is 8.71. The van der Waals surface area contributed by atoms with E-state index in [2.05, 4.69) is 36.4 Å². The Kier molecular flexibility index (Phi) is 11.0. The van der Waals surface area contributed by atoms with E-state index in [1.807, 2.05) is 6.92 Å². The first-order chi connectivity index (χ1) is 11.3. The Bertz CT molecular complexity index is 535. The number of para-hydroxylation sites is 1. The van der Waals surface area contributed by atoms with Crippen LogP contribution in [-0.4, -0.2) is 45.4 Å². The summed E-state index contributed by atoms with van der Waals surface area (Å²) in [6, 6.07) is 6.38. The van der Waals surface area contributed by atoms with Crippen LogP contribution >= 0.6 is 24.0 Å². The monoisotopic (exact) mass is 467 g/mol. The van der Waals surface area contributed by atoms with Crippen LogP contribution in [0.2, 0.25) is 0 Å². The van der Waals surface area contributed by atoms with Crippen LogP contribution in [0.15, 0.2) is 29.3 Å². The van der Waals surface area contributed by atoms with E-state index >= 15 is 0 Å². The molecule has 0 aliphatic rings. The molecular formula is C18H31FIN3O2. The van der Waals surface area contributed by atoms with E-state index in [4.69, 9.17) is 9.47 Å². The number of nitrogens with zero attached hydrogens (tertiary/aromatic N) is 1. The van der Waals surface area contributed by atoms with Crippen LogP contribution in [0.3, 0.4) is 0 Å². The highest BCUT2D eigenvalue weighted by molar-refractivity contribution is 14.0. The van der Waals surface area contributed by atoms with Gasteiger partial charge in [-0.25, -0.2) is 4.39 Å². The molecule has 1 aromatic carbocycles. The fraction of sp³-hybridized carbons (Fsp3) is 0.611. The first kappa shape index (κ1) is 23.9. The van der Waals surface area contributed by atoms with Crippen molar-refractivity contribution in [2.75, 3.05) is 27.2 Å². The molecule has 25 heavy (non-hydrogen) atoms. The second kappa shape index (κ2) is 11.5. The molecule has 0 saturated heterocycles. The van der Waals surface area contributed by atoms with E-state index in [0.29, 0.717) is 19.0 Å². The summed E-state index contributed by atoms with van der Waals surface area (Å²) in [5.74, 6) is 0.548. The Morgan fingerprint density at radius 3 is 2.32 bits per heavy atom. The fourth-order valence-corrected chi connectivity index (χ4v) is 2.19. The van der Waals surface area contributed by atoms with Crippen molar-refractivity contribution in [2.45, 2.75) is 39.9 Å². The Morgan fingerprint density at radius 1 is 1.20 bits per heavy atom. The van der Waals surface area contributed by atoms with Gasteiger partial charge in [-0.05, 0) is 24.5 Å². The number of rotatable bonds is 7. The van der Waals surface area contributed by atoms with Gasteiger partial charge in [-0.1, -0.05) is 32.9 Å². The van der Waals surface area contributed by atoms with Crippen molar-refractivity contribution in [3.05, 3.63) is 30.1 Å². The van der Waals surface area contributed by atoms with Crippen molar-refractivity contribution in [3.8, 4) is 5.75 Å². The molecule has 1 rings (SSSR count). The number of aliphatic imine (C=N–C) groups is 1. The lowest BCUT2D eigenvalue weighted by molar-refractivity contribution is 0.0205. The lowest BCUT2D eigenvalue weighted by Crippen LogP contribution is -2.47. The Morgan fingerprint density at radius 2 is 1.80 bits per heavy atom. The number of hydrogen-bond acceptors (Lipinski definition) is 3. The first-order valence-corrected chi connectivity index (χ1v) is 8.16. The lowest BCUT2D eigenvalue weighted by atomic mass is 9.89. The predicted octanol–water partition coefficient (Wildman–Crippen LogP) is 3.44. The number of ether oxygens (including phenoxy) is 2. The van der Waals surface area contributed by atoms with Gasteiger partial charge in [0.2, 0.25) is 0 Å². The van der Waals surface area contributed by atoms with E-state index < -0.39 is 0 Å². The van der Waals surface area contributed by atoms with Crippen LogP contribution in [0.5, 0.6) is 5.75 Å². The summed E-state index contributed by atoms with van der Waals surface area (Å²) < 4.78 is 24.7. The molecule has 144 valence electrons. The maximum absolute atomic E-state index is 13.6. The number of halogens is 2. The molecule has 0 spiro atoms. The zero-order chi connectivity index (χ0) is 18.2. The average molecular weight is 467 g/mol. The minimum atomic E-state index is -0.361. The van der Waals surface area contributed by atoms with Gasteiger partial charge in [0.15, 0.2) is 17.5 Å². The molecule has 0 aliphatic heterocycles. The minimum Gasteiger partial charge on any atom is -0.486 e. The van der Waals surface area contributed by atoms with Gasteiger partial charge in [0, 0.05) is 20.7 Å². The SMILES string of the molecule is CN=C(NCC(C)Oc1ccccc1F)NCC(OC)C(C)(C)C.I. The number of guanidine groups is 1. The standard InChI is InChI=1S/C18H30FN3O2.HI/c1-13(24-15-10-8-7-9-14(15)19)11-21-17(20-5)22-12-16(23-6)18(2,3)4;/h7-10,13,16H,11-12H2,1-6H3,(H2,20,21,22);1H. The second-order valence-electron chi connectivity index (χ2n) is 6.78. The normalized spacial score (nSPS) is 14.3. The van der Waals surface area contributed by atoms with E-state index in [9.17, 15) is 4.39 Å². The molecular weight excluding hydrogens is 436 g/mol. The van der Waals surface area contributed by atoms with Gasteiger partial charge < -0.3 is 20.1 Å². The second-order valence-corrected chi connectivity index (χ2v) is 6.78. The third-order valence-electron chi connectivity index (χ3n) is 3.65. The van der Waals surface area contributed by atoms with Crippen molar-refractivity contribution >= 4 is 29.9 Å². The Balaban J connectivity index is 0.00000576. The molecule has 5 nitrogen and oxygen atoms in total. The minimum absolute atomic E-state index is 0. The highest BCUT2D eigenvalue weighted by Gasteiger charge is 2.24. The van der Waals surface area contributed by atoms with Crippen LogP contribution in [0, 0.1) is 11.2 Å². The molecule has 0 aliphatic carbocycles. The predicted molar refractivity (Wildman–Crippen MR) is 112 cm³/mol. The molecule has 2 atom stereocenters. The summed E-state index contributed by atoms with van der Waals surface area (Å²) in [6.07, 6.45) is -0.149. The van der Waals surface area contributed by atoms with Crippen LogP contribution in [-0.2, 0) is 4.74 Å². The number of benzene rings is 1. The van der Waals surface area contributed by atoms with Crippen LogP contribution in [0.25, 0.3) is 0 Å². The summed E-state index contributed by atoms with van der Waals surface area (Å²) in [5, 5.41) is 6.42. The van der Waals surface area contributed by atoms with Gasteiger partial charge in [-0.15, -0.1) is 24.0 Å². The zero-order valence-electron chi connectivity index (χ0n) is 15.9. The molecule has 0 bridgehead atoms. The van der Waals surface area contributed by atoms with Gasteiger partial charge in [0.05, 0.1) is 12.6 Å². The van der Waals surface area contributed by atoms with E-state index in [1.165, 1.54) is 6.07 Å². The highest BCUT2D eigenvalue weighted by Crippen LogP contribution is 2.21. The summed E-state index contributed by atoms with van der Waals surface area (Å²) >= 11 is 0. The fourth-order valence-electron chi connectivity index (χ4n) is 2.19. The summed E-state index contributed by atoms with van der Waals surface area (Å²) in [7, 11) is 3.41. The Labute approximate surface area is 167 Å². The van der Waals surface area contributed by atoms with Gasteiger partial charge >= 0.3 is 0 Å². The van der Waals surface area contributed by atoms with E-state index in [-0.39, 0.29) is 53.2 Å². The molecule has 0 amide bonds. The van der Waals surface area contributed by atoms with Gasteiger partial charge in [0.25, 0.3) is 0 Å². The quantitative estimate of drug-likeness (QED) is 0.367. The third-order valence-corrected chi connectivity index (χ3v) is 3.65. The molecule has 0 saturated carbocycles. The zero-order valence-corrected chi connectivity index (χ0v) is 18.3. The van der Waals surface area contributed by atoms with Gasteiger partial charge in [0.1, 0.15) is 6.10 Å². The van der Waals surface area contributed by atoms with Crippen molar-refractivity contribution in [1.29, 1.82) is 0 Å². The van der Waals surface area contributed by atoms with E-state index in [1.54, 1.807) is 32.4 Å². The molecule has 0 aromatic heterocycles. The molecule has 0 radical (unpaired) electrons. The lowest BCUT2D eigenvalue weighted by Gasteiger charge is -2.30. The molecule has 2 N–H and O–H groups in total. The molecule has 1 aromatic rings. The van der Waals surface area contributed by atoms with Crippen LogP contribution < -0.4 is 15.4 Å². The number of methoxy groups -OCH3 is 1. The largest absolute Gasteiger partial charge is 0.486 e. The van der Waals surface area contributed by atoms with Crippen molar-refractivity contribution in [3.63, 3.8) is 0 Å². The highest BCUT2D eigenvalue weighted by atomic mass is 127. The Hall–Kier alpha value is -1.09. The smallest absolute Gasteiger partial charge is 0.191 e. The number of hydrogen-bond donors (Lipinski definition) is 2.